The summed E-state index contributed by atoms with van der Waals surface area (Å²) in [5.74, 6) is -2.21. The van der Waals surface area contributed by atoms with Gasteiger partial charge in [-0.2, -0.15) is 0 Å². The molecule has 0 saturated carbocycles. The number of carbonyl (C=O) groups is 4. The number of aliphatic hydroxyl groups is 1. The van der Waals surface area contributed by atoms with Crippen molar-refractivity contribution >= 4 is 39.5 Å². The molecule has 0 heterocycles. The molecule has 0 rings (SSSR count). The van der Waals surface area contributed by atoms with Crippen LogP contribution in [0.2, 0.25) is 0 Å². The summed E-state index contributed by atoms with van der Waals surface area (Å²) in [7, 11) is -9.97. The molecule has 600 valence electrons. The van der Waals surface area contributed by atoms with E-state index in [-0.39, 0.29) is 25.7 Å². The zero-order valence-corrected chi connectivity index (χ0v) is 67.5. The van der Waals surface area contributed by atoms with Crippen LogP contribution in [-0.4, -0.2) is 96.7 Å². The number of phosphoric acid groups is 2. The molecule has 0 aliphatic heterocycles. The van der Waals surface area contributed by atoms with Gasteiger partial charge in [-0.3, -0.25) is 37.3 Å². The second-order valence-corrected chi connectivity index (χ2v) is 30.2. The Morgan fingerprint density at radius 1 is 0.279 bits per heavy atom. The van der Waals surface area contributed by atoms with E-state index < -0.39 is 97.5 Å². The number of rotatable bonds is 77. The molecule has 3 N–H and O–H groups in total. The van der Waals surface area contributed by atoms with Crippen molar-refractivity contribution in [3.05, 3.63) is 109 Å². The highest BCUT2D eigenvalue weighted by molar-refractivity contribution is 7.47. The zero-order valence-electron chi connectivity index (χ0n) is 65.7. The van der Waals surface area contributed by atoms with Crippen LogP contribution in [-0.2, 0) is 65.4 Å². The van der Waals surface area contributed by atoms with Gasteiger partial charge >= 0.3 is 39.5 Å². The van der Waals surface area contributed by atoms with Gasteiger partial charge in [0.1, 0.15) is 19.3 Å². The largest absolute Gasteiger partial charge is 0.472 e. The Morgan fingerprint density at radius 2 is 0.500 bits per heavy atom. The molecule has 0 aliphatic carbocycles. The molecule has 0 aromatic rings. The van der Waals surface area contributed by atoms with Gasteiger partial charge in [0.05, 0.1) is 26.4 Å². The number of hydrogen-bond donors (Lipinski definition) is 3. The quantitative estimate of drug-likeness (QED) is 0.0169. The third-order valence-corrected chi connectivity index (χ3v) is 19.1. The first-order valence-electron chi connectivity index (χ1n) is 41.1. The van der Waals surface area contributed by atoms with Crippen LogP contribution in [0.1, 0.15) is 349 Å². The van der Waals surface area contributed by atoms with Crippen LogP contribution in [0.5, 0.6) is 0 Å². The number of unbranched alkanes of at least 4 members (excludes halogenated alkanes) is 33. The van der Waals surface area contributed by atoms with Crippen molar-refractivity contribution in [3.8, 4) is 0 Å². The molecule has 0 bridgehead atoms. The summed E-state index contributed by atoms with van der Waals surface area (Å²) in [4.78, 5) is 73.1. The van der Waals surface area contributed by atoms with E-state index >= 15 is 0 Å². The van der Waals surface area contributed by atoms with Crippen LogP contribution < -0.4 is 0 Å². The van der Waals surface area contributed by atoms with E-state index in [9.17, 15) is 43.2 Å². The van der Waals surface area contributed by atoms with E-state index in [1.165, 1.54) is 77.0 Å². The molecule has 17 nitrogen and oxygen atoms in total. The molecule has 0 fully saturated rings. The Kier molecular flexibility index (Phi) is 73.7. The fourth-order valence-corrected chi connectivity index (χ4v) is 12.6. The molecular weight excluding hydrogens is 1350 g/mol. The highest BCUT2D eigenvalue weighted by Gasteiger charge is 2.30. The third kappa shape index (κ3) is 75.9. The van der Waals surface area contributed by atoms with Gasteiger partial charge in [0, 0.05) is 25.7 Å². The fraction of sp³-hybridized carbons (Fsp3) is 0.741. The van der Waals surface area contributed by atoms with E-state index in [4.69, 9.17) is 37.0 Å². The third-order valence-electron chi connectivity index (χ3n) is 17.2. The standard InChI is InChI=1S/C85H148O17P2/c1-5-9-13-17-21-25-29-33-37-39-43-46-50-54-58-62-66-70-83(88)96-76-81(102-85(90)72-68-64-60-56-52-48-44-40-38-34-30-26-22-18-14-10-6-2)78-100-104(93,94)98-74-79(86)73-97-103(91,92)99-77-80(101-84(89)71-67-63-59-55-51-47-42-36-32-28-24-20-16-12-8-4)75-95-82(87)69-65-61-57-53-49-45-41-35-31-27-23-19-15-11-7-3/h9-10,13-14,21-22,25-26,33-38,41-43,46,79-81,86H,5-8,11-12,15-20,23-24,27-32,39-40,44-45,47-78H2,1-4H3,(H,91,92)(H,93,94)/b13-9-,14-10-,25-21-,26-22-,37-33-,38-34-,41-35-,42-36-,46-43-. The van der Waals surface area contributed by atoms with Crippen LogP contribution in [0.25, 0.3) is 0 Å². The molecule has 0 saturated heterocycles. The van der Waals surface area contributed by atoms with Gasteiger partial charge in [-0.1, -0.05) is 285 Å². The SMILES string of the molecule is CC/C=C\C/C=C\C/C=C\C/C=C\CCCCCCC(=O)OCC(COP(=O)(O)OCC(O)COP(=O)(O)OCC(COC(=O)CCCCCCC/C=C\CCCCCCCC)OC(=O)CCCCCCC/C=C\CCCCCCCC)OC(=O)CCCCCCCCC/C=C\C/C=C\C/C=C\CC. The van der Waals surface area contributed by atoms with Crippen LogP contribution in [0.3, 0.4) is 0 Å². The lowest BCUT2D eigenvalue weighted by Gasteiger charge is -2.21. The first kappa shape index (κ1) is 99.7. The number of allylic oxidation sites excluding steroid dienone is 18. The predicted octanol–water partition coefficient (Wildman–Crippen LogP) is 24.1. The van der Waals surface area contributed by atoms with Gasteiger partial charge in [-0.05, 0) is 148 Å². The van der Waals surface area contributed by atoms with Crippen LogP contribution in [0.4, 0.5) is 0 Å². The van der Waals surface area contributed by atoms with Crippen molar-refractivity contribution in [2.75, 3.05) is 39.6 Å². The molecule has 0 radical (unpaired) electrons. The Balaban J connectivity index is 5.40. The van der Waals surface area contributed by atoms with E-state index in [1.807, 2.05) is 0 Å². The maximum atomic E-state index is 13.1. The monoisotopic (exact) mass is 1500 g/mol. The minimum atomic E-state index is -4.99. The number of aliphatic hydroxyl groups excluding tert-OH is 1. The van der Waals surface area contributed by atoms with Crippen molar-refractivity contribution in [1.82, 2.24) is 0 Å². The fourth-order valence-electron chi connectivity index (χ4n) is 11.0. The Labute approximate surface area is 632 Å². The van der Waals surface area contributed by atoms with E-state index in [0.717, 1.165) is 193 Å². The summed E-state index contributed by atoms with van der Waals surface area (Å²) in [6, 6.07) is 0. The van der Waals surface area contributed by atoms with Crippen LogP contribution >= 0.6 is 15.6 Å². The molecule has 0 aromatic carbocycles. The first-order chi connectivity index (χ1) is 50.7. The van der Waals surface area contributed by atoms with E-state index in [1.54, 1.807) is 0 Å². The number of carbonyl (C=O) groups excluding carboxylic acids is 4. The number of hydrogen-bond acceptors (Lipinski definition) is 15. The lowest BCUT2D eigenvalue weighted by atomic mass is 10.1. The second kappa shape index (κ2) is 76.9. The lowest BCUT2D eigenvalue weighted by Crippen LogP contribution is -2.30. The molecule has 0 aliphatic rings. The average molecular weight is 1500 g/mol. The van der Waals surface area contributed by atoms with Gasteiger partial charge in [-0.25, -0.2) is 9.13 Å². The topological polar surface area (TPSA) is 237 Å². The van der Waals surface area contributed by atoms with Gasteiger partial charge in [0.15, 0.2) is 12.2 Å². The van der Waals surface area contributed by atoms with E-state index in [0.29, 0.717) is 25.7 Å². The van der Waals surface area contributed by atoms with Crippen molar-refractivity contribution in [2.45, 2.75) is 367 Å². The average Bonchev–Trinajstić information content (AvgIpc) is 0.926. The molecule has 0 spiro atoms. The van der Waals surface area contributed by atoms with Gasteiger partial charge in [0.25, 0.3) is 0 Å². The second-order valence-electron chi connectivity index (χ2n) is 27.3. The maximum Gasteiger partial charge on any atom is 0.472 e. The van der Waals surface area contributed by atoms with Crippen molar-refractivity contribution in [2.24, 2.45) is 0 Å². The van der Waals surface area contributed by atoms with E-state index in [2.05, 4.69) is 137 Å². The molecule has 0 amide bonds. The smallest absolute Gasteiger partial charge is 0.462 e. The normalized spacial score (nSPS) is 14.4. The molecule has 19 heteroatoms. The van der Waals surface area contributed by atoms with Gasteiger partial charge in [-0.15, -0.1) is 0 Å². The first-order valence-corrected chi connectivity index (χ1v) is 44.1. The summed E-state index contributed by atoms with van der Waals surface area (Å²) >= 11 is 0. The minimum Gasteiger partial charge on any atom is -0.462 e. The summed E-state index contributed by atoms with van der Waals surface area (Å²) in [6.07, 6.45) is 83.4. The highest BCUT2D eigenvalue weighted by atomic mass is 31.2. The highest BCUT2D eigenvalue weighted by Crippen LogP contribution is 2.45. The molecule has 104 heavy (non-hydrogen) atoms. The van der Waals surface area contributed by atoms with Gasteiger partial charge < -0.3 is 33.8 Å². The van der Waals surface area contributed by atoms with Crippen molar-refractivity contribution in [3.63, 3.8) is 0 Å². The van der Waals surface area contributed by atoms with Gasteiger partial charge in [0.2, 0.25) is 0 Å². The lowest BCUT2D eigenvalue weighted by molar-refractivity contribution is -0.161. The number of phosphoric ester groups is 2. The number of ether oxygens (including phenoxy) is 4. The summed E-state index contributed by atoms with van der Waals surface area (Å²) < 4.78 is 68.7. The Hall–Kier alpha value is -4.28. The summed E-state index contributed by atoms with van der Waals surface area (Å²) in [6.45, 7) is 4.63. The maximum absolute atomic E-state index is 13.1. The minimum absolute atomic E-state index is 0.0765. The van der Waals surface area contributed by atoms with Crippen LogP contribution in [0, 0.1) is 0 Å². The number of esters is 4. The summed E-state index contributed by atoms with van der Waals surface area (Å²) in [5.41, 5.74) is 0. The molecule has 0 aromatic heterocycles. The molecular formula is C85H148O17P2. The Bertz CT molecular complexity index is 2390. The van der Waals surface area contributed by atoms with Crippen LogP contribution in [0.15, 0.2) is 109 Å². The Morgan fingerprint density at radius 3 is 0.779 bits per heavy atom. The van der Waals surface area contributed by atoms with Crippen molar-refractivity contribution in [1.29, 1.82) is 0 Å². The van der Waals surface area contributed by atoms with Crippen molar-refractivity contribution < 1.29 is 80.2 Å². The molecule has 5 unspecified atom stereocenters. The zero-order chi connectivity index (χ0) is 76.0. The summed E-state index contributed by atoms with van der Waals surface area (Å²) in [5, 5.41) is 10.7. The molecule has 5 atom stereocenters. The predicted molar refractivity (Wildman–Crippen MR) is 427 cm³/mol.